The van der Waals surface area contributed by atoms with Gasteiger partial charge in [0, 0.05) is 7.05 Å². The summed E-state index contributed by atoms with van der Waals surface area (Å²) in [5, 5.41) is 5.66. The van der Waals surface area contributed by atoms with Crippen LogP contribution < -0.4 is 10.6 Å². The van der Waals surface area contributed by atoms with E-state index in [0.29, 0.717) is 21.2 Å². The zero-order valence-corrected chi connectivity index (χ0v) is 19.4. The van der Waals surface area contributed by atoms with Crippen LogP contribution in [0.2, 0.25) is 0 Å². The minimum absolute atomic E-state index is 0.0327. The smallest absolute Gasteiger partial charge is 0.341 e. The van der Waals surface area contributed by atoms with Gasteiger partial charge in [-0.05, 0) is 37.8 Å². The van der Waals surface area contributed by atoms with Crippen molar-refractivity contribution in [2.45, 2.75) is 26.1 Å². The van der Waals surface area contributed by atoms with E-state index in [1.54, 1.807) is 25.6 Å². The summed E-state index contributed by atoms with van der Waals surface area (Å²) in [6.45, 7) is 3.60. The largest absolute Gasteiger partial charge is 0.462 e. The number of hydrogen-bond acceptors (Lipinski definition) is 7. The molecule has 0 aliphatic rings. The summed E-state index contributed by atoms with van der Waals surface area (Å²) in [7, 11) is 1.52. The maximum atomic E-state index is 13.0. The average molecular weight is 461 g/mol. The molecule has 0 radical (unpaired) electrons. The summed E-state index contributed by atoms with van der Waals surface area (Å²) in [6.07, 6.45) is 1.98. The summed E-state index contributed by atoms with van der Waals surface area (Å²) in [6, 6.07) is 7.63. The first-order chi connectivity index (χ1) is 14.9. The molecule has 3 rings (SSSR count). The van der Waals surface area contributed by atoms with Crippen molar-refractivity contribution in [3.63, 3.8) is 0 Å². The minimum Gasteiger partial charge on any atom is -0.462 e. The summed E-state index contributed by atoms with van der Waals surface area (Å²) in [5.41, 5.74) is 2.37. The van der Waals surface area contributed by atoms with Gasteiger partial charge >= 0.3 is 5.97 Å². The molecule has 0 aliphatic heterocycles. The number of carbonyl (C=O) groups excluding carboxylic acids is 3. The Balaban J connectivity index is 1.93. The molecule has 3 aromatic rings. The van der Waals surface area contributed by atoms with Crippen molar-refractivity contribution in [3.8, 4) is 0 Å². The second-order valence-corrected chi connectivity index (χ2v) is 8.53. The van der Waals surface area contributed by atoms with Crippen molar-refractivity contribution in [1.82, 2.24) is 14.9 Å². The van der Waals surface area contributed by atoms with Crippen LogP contribution in [0.15, 0.2) is 24.3 Å². The standard InChI is InChI=1S/C21H24N4O4S2/c1-5-29-21(28)17-12(2)18(19(27)22-3)31-20(17)24-16(26)10-25-14-9-7-6-8-13(14)23-15(25)11-30-4/h6-9H,5,10-11H2,1-4H3,(H,22,27)(H,24,26). The highest BCUT2D eigenvalue weighted by molar-refractivity contribution is 7.97. The second-order valence-electron chi connectivity index (χ2n) is 6.64. The van der Waals surface area contributed by atoms with E-state index in [0.717, 1.165) is 28.2 Å². The van der Waals surface area contributed by atoms with Crippen LogP contribution in [0, 0.1) is 6.92 Å². The molecule has 0 spiro atoms. The van der Waals surface area contributed by atoms with E-state index in [4.69, 9.17) is 4.74 Å². The van der Waals surface area contributed by atoms with Crippen molar-refractivity contribution in [3.05, 3.63) is 46.1 Å². The number of rotatable bonds is 8. The fourth-order valence-corrected chi connectivity index (χ4v) is 4.87. The molecule has 2 aromatic heterocycles. The minimum atomic E-state index is -0.571. The van der Waals surface area contributed by atoms with Gasteiger partial charge in [0.25, 0.3) is 5.91 Å². The number of fused-ring (bicyclic) bond motifs is 1. The molecule has 31 heavy (non-hydrogen) atoms. The summed E-state index contributed by atoms with van der Waals surface area (Å²) >= 11 is 2.68. The number of thiophene rings is 1. The van der Waals surface area contributed by atoms with Crippen molar-refractivity contribution in [2.24, 2.45) is 0 Å². The molecule has 0 bridgehead atoms. The highest BCUT2D eigenvalue weighted by Crippen LogP contribution is 2.34. The van der Waals surface area contributed by atoms with Gasteiger partial charge in [-0.3, -0.25) is 9.59 Å². The van der Waals surface area contributed by atoms with E-state index < -0.39 is 5.97 Å². The number of nitrogens with zero attached hydrogens (tertiary/aromatic N) is 2. The van der Waals surface area contributed by atoms with E-state index in [9.17, 15) is 14.4 Å². The van der Waals surface area contributed by atoms with Crippen molar-refractivity contribution in [2.75, 3.05) is 25.2 Å². The Morgan fingerprint density at radius 3 is 2.68 bits per heavy atom. The quantitative estimate of drug-likeness (QED) is 0.499. The first-order valence-corrected chi connectivity index (χ1v) is 11.9. The van der Waals surface area contributed by atoms with E-state index >= 15 is 0 Å². The van der Waals surface area contributed by atoms with Crippen LogP contribution in [0.4, 0.5) is 5.00 Å². The van der Waals surface area contributed by atoms with E-state index in [1.807, 2.05) is 35.1 Å². The predicted molar refractivity (Wildman–Crippen MR) is 124 cm³/mol. The Morgan fingerprint density at radius 1 is 1.26 bits per heavy atom. The Morgan fingerprint density at radius 2 is 2.00 bits per heavy atom. The van der Waals surface area contributed by atoms with Gasteiger partial charge < -0.3 is 19.9 Å². The van der Waals surface area contributed by atoms with Crippen LogP contribution >= 0.6 is 23.1 Å². The molecule has 0 fully saturated rings. The topological polar surface area (TPSA) is 102 Å². The number of nitrogens with one attached hydrogen (secondary N) is 2. The molecule has 8 nitrogen and oxygen atoms in total. The van der Waals surface area contributed by atoms with Crippen molar-refractivity contribution >= 4 is 56.9 Å². The Hall–Kier alpha value is -2.85. The predicted octanol–water partition coefficient (Wildman–Crippen LogP) is 3.44. The fourth-order valence-electron chi connectivity index (χ4n) is 3.23. The Bertz CT molecular complexity index is 1140. The Kier molecular flexibility index (Phi) is 7.34. The van der Waals surface area contributed by atoms with E-state index in [-0.39, 0.29) is 30.5 Å². The molecule has 0 aliphatic carbocycles. The van der Waals surface area contributed by atoms with Crippen LogP contribution in [0.3, 0.4) is 0 Å². The Labute approximate surface area is 188 Å². The number of benzene rings is 1. The lowest BCUT2D eigenvalue weighted by Crippen LogP contribution is -2.21. The molecule has 10 heteroatoms. The molecular weight excluding hydrogens is 436 g/mol. The van der Waals surface area contributed by atoms with Crippen molar-refractivity contribution in [1.29, 1.82) is 0 Å². The van der Waals surface area contributed by atoms with Gasteiger partial charge in [0.15, 0.2) is 0 Å². The van der Waals surface area contributed by atoms with E-state index in [2.05, 4.69) is 15.6 Å². The summed E-state index contributed by atoms with van der Waals surface area (Å²) in [5.74, 6) is 0.243. The highest BCUT2D eigenvalue weighted by atomic mass is 32.2. The molecule has 1 aromatic carbocycles. The number of thioether (sulfide) groups is 1. The lowest BCUT2D eigenvalue weighted by atomic mass is 10.1. The molecular formula is C21H24N4O4S2. The van der Waals surface area contributed by atoms with Crippen LogP contribution in [0.1, 0.15) is 38.3 Å². The van der Waals surface area contributed by atoms with Gasteiger partial charge in [0.1, 0.15) is 17.4 Å². The SMILES string of the molecule is CCOC(=O)c1c(NC(=O)Cn2c(CSC)nc3ccccc32)sc(C(=O)NC)c1C. The van der Waals surface area contributed by atoms with Gasteiger partial charge in [0.05, 0.1) is 33.8 Å². The first-order valence-electron chi connectivity index (χ1n) is 9.66. The number of ether oxygens (including phenoxy) is 1. The third-order valence-corrected chi connectivity index (χ3v) is 6.37. The third-order valence-electron chi connectivity index (χ3n) is 4.62. The third kappa shape index (κ3) is 4.75. The number of aromatic nitrogens is 2. The van der Waals surface area contributed by atoms with Gasteiger partial charge in [-0.2, -0.15) is 11.8 Å². The second kappa shape index (κ2) is 9.97. The first kappa shape index (κ1) is 22.8. The molecule has 0 saturated carbocycles. The zero-order chi connectivity index (χ0) is 22.5. The van der Waals surface area contributed by atoms with Gasteiger partial charge in [-0.25, -0.2) is 9.78 Å². The van der Waals surface area contributed by atoms with Gasteiger partial charge in [0.2, 0.25) is 5.91 Å². The summed E-state index contributed by atoms with van der Waals surface area (Å²) in [4.78, 5) is 42.7. The van der Waals surface area contributed by atoms with Crippen LogP contribution in [-0.4, -0.2) is 47.2 Å². The number of anilines is 1. The fraction of sp³-hybridized carbons (Fsp3) is 0.333. The molecule has 0 unspecified atom stereocenters. The number of para-hydroxylation sites is 2. The van der Waals surface area contributed by atoms with Crippen LogP contribution in [0.25, 0.3) is 11.0 Å². The lowest BCUT2D eigenvalue weighted by molar-refractivity contribution is -0.116. The normalized spacial score (nSPS) is 10.8. The highest BCUT2D eigenvalue weighted by Gasteiger charge is 2.26. The molecule has 164 valence electrons. The molecule has 0 atom stereocenters. The molecule has 0 saturated heterocycles. The summed E-state index contributed by atoms with van der Waals surface area (Å²) < 4.78 is 7.01. The monoisotopic (exact) mass is 460 g/mol. The number of hydrogen-bond donors (Lipinski definition) is 2. The molecule has 2 amide bonds. The zero-order valence-electron chi connectivity index (χ0n) is 17.8. The van der Waals surface area contributed by atoms with Crippen LogP contribution in [0.5, 0.6) is 0 Å². The van der Waals surface area contributed by atoms with E-state index in [1.165, 1.54) is 7.05 Å². The lowest BCUT2D eigenvalue weighted by Gasteiger charge is -2.10. The van der Waals surface area contributed by atoms with Crippen molar-refractivity contribution < 1.29 is 19.1 Å². The maximum absolute atomic E-state index is 13.0. The molecule has 2 N–H and O–H groups in total. The number of imidazole rings is 1. The maximum Gasteiger partial charge on any atom is 0.341 e. The van der Waals surface area contributed by atoms with Gasteiger partial charge in [-0.15, -0.1) is 11.3 Å². The number of carbonyl (C=O) groups is 3. The van der Waals surface area contributed by atoms with Gasteiger partial charge in [-0.1, -0.05) is 12.1 Å². The average Bonchev–Trinajstić information content (AvgIpc) is 3.25. The number of amides is 2. The number of esters is 1. The molecule has 2 heterocycles. The van der Waals surface area contributed by atoms with Crippen LogP contribution in [-0.2, 0) is 21.8 Å².